The van der Waals surface area contributed by atoms with E-state index in [0.29, 0.717) is 24.4 Å². The lowest BCUT2D eigenvalue weighted by atomic mass is 9.71. The predicted molar refractivity (Wildman–Crippen MR) is 148 cm³/mol. The Morgan fingerprint density at radius 1 is 1.11 bits per heavy atom. The monoisotopic (exact) mass is 507 g/mol. The molecule has 2 aliphatic carbocycles. The lowest BCUT2D eigenvalue weighted by Crippen LogP contribution is -2.38. The highest BCUT2D eigenvalue weighted by molar-refractivity contribution is 5.92. The molecule has 2 N–H and O–H groups in total. The van der Waals surface area contributed by atoms with Gasteiger partial charge in [0, 0.05) is 41.9 Å². The molecule has 2 aromatic rings. The van der Waals surface area contributed by atoms with Gasteiger partial charge in [-0.15, -0.1) is 10.2 Å². The van der Waals surface area contributed by atoms with E-state index in [9.17, 15) is 9.59 Å². The van der Waals surface area contributed by atoms with Crippen molar-refractivity contribution in [2.24, 2.45) is 17.3 Å². The maximum absolute atomic E-state index is 13.2. The Labute approximate surface area is 222 Å². The number of benzene rings is 1. The second kappa shape index (κ2) is 11.0. The van der Waals surface area contributed by atoms with Crippen molar-refractivity contribution in [1.29, 1.82) is 0 Å². The summed E-state index contributed by atoms with van der Waals surface area (Å²) in [6.07, 6.45) is 6.08. The fraction of sp³-hybridized carbons (Fsp3) is 0.667. The highest BCUT2D eigenvalue weighted by Crippen LogP contribution is 2.47. The summed E-state index contributed by atoms with van der Waals surface area (Å²) in [5.74, 6) is 3.51. The number of hydrogen-bond acceptors (Lipinski definition) is 4. The minimum Gasteiger partial charge on any atom is -0.355 e. The van der Waals surface area contributed by atoms with Crippen LogP contribution in [0.2, 0.25) is 0 Å². The number of nitrogens with zero attached hydrogens (tertiary/aromatic N) is 3. The minimum absolute atomic E-state index is 0.0273. The molecule has 0 radical (unpaired) electrons. The van der Waals surface area contributed by atoms with Crippen LogP contribution in [0.15, 0.2) is 18.2 Å². The number of aromatic nitrogens is 3. The third-order valence-corrected chi connectivity index (χ3v) is 7.71. The van der Waals surface area contributed by atoms with E-state index in [4.69, 9.17) is 5.10 Å². The van der Waals surface area contributed by atoms with Gasteiger partial charge in [0.1, 0.15) is 11.6 Å². The van der Waals surface area contributed by atoms with Crippen LogP contribution in [-0.2, 0) is 9.59 Å². The second-order valence-corrected chi connectivity index (χ2v) is 12.9. The van der Waals surface area contributed by atoms with Gasteiger partial charge in [-0.1, -0.05) is 52.3 Å². The zero-order valence-corrected chi connectivity index (χ0v) is 23.7. The van der Waals surface area contributed by atoms with Gasteiger partial charge in [0.15, 0.2) is 0 Å². The first-order valence-corrected chi connectivity index (χ1v) is 14.0. The number of carbonyl (C=O) groups is 2. The molecule has 2 amide bonds. The molecule has 4 rings (SSSR count). The normalized spacial score (nSPS) is 20.4. The van der Waals surface area contributed by atoms with Gasteiger partial charge in [-0.25, -0.2) is 0 Å². The molecule has 0 bridgehead atoms. The molecular formula is C30H45N5O2. The van der Waals surface area contributed by atoms with Crippen LogP contribution < -0.4 is 10.6 Å². The van der Waals surface area contributed by atoms with Crippen molar-refractivity contribution >= 4 is 17.5 Å². The van der Waals surface area contributed by atoms with Crippen molar-refractivity contribution in [1.82, 2.24) is 20.1 Å². The van der Waals surface area contributed by atoms with E-state index in [1.54, 1.807) is 0 Å². The van der Waals surface area contributed by atoms with Crippen molar-refractivity contribution in [3.8, 4) is 0 Å². The van der Waals surface area contributed by atoms with Crippen LogP contribution in [0.1, 0.15) is 114 Å². The third kappa shape index (κ3) is 6.79. The van der Waals surface area contributed by atoms with Crippen LogP contribution in [-0.4, -0.2) is 33.1 Å². The Kier molecular flexibility index (Phi) is 8.10. The first-order chi connectivity index (χ1) is 17.4. The molecule has 0 aliphatic heterocycles. The summed E-state index contributed by atoms with van der Waals surface area (Å²) in [5.41, 5.74) is 2.52. The predicted octanol–water partition coefficient (Wildman–Crippen LogP) is 6.04. The molecule has 0 spiro atoms. The summed E-state index contributed by atoms with van der Waals surface area (Å²) in [5, 5.41) is 15.5. The van der Waals surface area contributed by atoms with Crippen molar-refractivity contribution < 1.29 is 9.59 Å². The number of hydrogen-bond donors (Lipinski definition) is 2. The van der Waals surface area contributed by atoms with Crippen LogP contribution in [0.5, 0.6) is 0 Å². The zero-order chi connectivity index (χ0) is 26.9. The molecule has 1 atom stereocenters. The van der Waals surface area contributed by atoms with Gasteiger partial charge < -0.3 is 15.2 Å². The lowest BCUT2D eigenvalue weighted by Gasteiger charge is -2.36. The standard InChI is InChI=1S/C30H45N5O2/c1-18(2)12-21-14-22(15-21)27-33-34-28(35(27)24-9-10-24)23(17-31-29(37)30(5,6)7)16-26(36)32-25-11-8-19(3)13-20(25)4/h8,11,13,18,21-24H,9-10,12,14-17H2,1-7H3,(H,31,37)(H,32,36)/t21-,22+,23-/m1/s1. The first kappa shape index (κ1) is 27.3. The van der Waals surface area contributed by atoms with E-state index in [1.807, 2.05) is 46.8 Å². The van der Waals surface area contributed by atoms with Crippen LogP contribution >= 0.6 is 0 Å². The summed E-state index contributed by atoms with van der Waals surface area (Å²) in [4.78, 5) is 26.0. The Hall–Kier alpha value is -2.70. The average Bonchev–Trinajstić information content (AvgIpc) is 3.53. The van der Waals surface area contributed by atoms with Gasteiger partial charge in [0.25, 0.3) is 0 Å². The van der Waals surface area contributed by atoms with E-state index in [1.165, 1.54) is 19.3 Å². The Morgan fingerprint density at radius 3 is 2.41 bits per heavy atom. The topological polar surface area (TPSA) is 88.9 Å². The third-order valence-electron chi connectivity index (χ3n) is 7.71. The molecule has 7 heteroatoms. The SMILES string of the molecule is Cc1ccc(NC(=O)C[C@H](CNC(=O)C(C)(C)C)c2nnc([C@H]3C[C@@H](CC(C)C)C3)n2C2CC2)c(C)c1. The van der Waals surface area contributed by atoms with E-state index in [2.05, 4.69) is 40.2 Å². The Morgan fingerprint density at radius 2 is 1.81 bits per heavy atom. The fourth-order valence-corrected chi connectivity index (χ4v) is 5.50. The fourth-order valence-electron chi connectivity index (χ4n) is 5.50. The average molecular weight is 508 g/mol. The number of rotatable bonds is 10. The molecule has 2 saturated carbocycles. The van der Waals surface area contributed by atoms with Crippen molar-refractivity contribution in [3.63, 3.8) is 0 Å². The quantitative estimate of drug-likeness (QED) is 0.410. The number of carbonyl (C=O) groups excluding carboxylic acids is 2. The van der Waals surface area contributed by atoms with Crippen LogP contribution in [0.4, 0.5) is 5.69 Å². The second-order valence-electron chi connectivity index (χ2n) is 12.9. The number of nitrogens with one attached hydrogen (secondary N) is 2. The first-order valence-electron chi connectivity index (χ1n) is 14.0. The lowest BCUT2D eigenvalue weighted by molar-refractivity contribution is -0.128. The molecule has 0 saturated heterocycles. The molecule has 1 heterocycles. The van der Waals surface area contributed by atoms with Gasteiger partial charge in [-0.2, -0.15) is 0 Å². The van der Waals surface area contributed by atoms with Gasteiger partial charge in [0.2, 0.25) is 11.8 Å². The van der Waals surface area contributed by atoms with Gasteiger partial charge in [-0.3, -0.25) is 9.59 Å². The summed E-state index contributed by atoms with van der Waals surface area (Å²) >= 11 is 0. The zero-order valence-electron chi connectivity index (χ0n) is 23.7. The molecular weight excluding hydrogens is 462 g/mol. The smallest absolute Gasteiger partial charge is 0.225 e. The van der Waals surface area contributed by atoms with Gasteiger partial charge >= 0.3 is 0 Å². The Bertz CT molecular complexity index is 1120. The maximum atomic E-state index is 13.2. The van der Waals surface area contributed by atoms with E-state index in [0.717, 1.165) is 47.2 Å². The molecule has 2 aliphatic rings. The number of anilines is 1. The molecule has 1 aromatic carbocycles. The summed E-state index contributed by atoms with van der Waals surface area (Å²) < 4.78 is 2.33. The van der Waals surface area contributed by atoms with Crippen LogP contribution in [0.3, 0.4) is 0 Å². The molecule has 37 heavy (non-hydrogen) atoms. The molecule has 7 nitrogen and oxygen atoms in total. The Balaban J connectivity index is 1.55. The molecule has 2 fully saturated rings. The van der Waals surface area contributed by atoms with Crippen molar-refractivity contribution in [2.45, 2.75) is 105 Å². The van der Waals surface area contributed by atoms with Gasteiger partial charge in [-0.05, 0) is 69.4 Å². The van der Waals surface area contributed by atoms with Crippen molar-refractivity contribution in [3.05, 3.63) is 41.0 Å². The maximum Gasteiger partial charge on any atom is 0.225 e. The summed E-state index contributed by atoms with van der Waals surface area (Å²) in [6, 6.07) is 6.43. The van der Waals surface area contributed by atoms with E-state index in [-0.39, 0.29) is 24.2 Å². The van der Waals surface area contributed by atoms with Crippen LogP contribution in [0, 0.1) is 31.1 Å². The molecule has 0 unspecified atom stereocenters. The highest BCUT2D eigenvalue weighted by atomic mass is 16.2. The number of amides is 2. The van der Waals surface area contributed by atoms with E-state index < -0.39 is 5.41 Å². The van der Waals surface area contributed by atoms with E-state index >= 15 is 0 Å². The molecule has 202 valence electrons. The summed E-state index contributed by atoms with van der Waals surface area (Å²) in [7, 11) is 0. The highest BCUT2D eigenvalue weighted by Gasteiger charge is 2.40. The summed E-state index contributed by atoms with van der Waals surface area (Å²) in [6.45, 7) is 14.7. The molecule has 1 aromatic heterocycles. The minimum atomic E-state index is -0.501. The largest absolute Gasteiger partial charge is 0.355 e. The van der Waals surface area contributed by atoms with Crippen molar-refractivity contribution in [2.75, 3.05) is 11.9 Å². The van der Waals surface area contributed by atoms with Gasteiger partial charge in [0.05, 0.1) is 0 Å². The number of aryl methyl sites for hydroxylation is 2. The van der Waals surface area contributed by atoms with Crippen LogP contribution in [0.25, 0.3) is 0 Å².